The third-order valence-electron chi connectivity index (χ3n) is 5.61. The van der Waals surface area contributed by atoms with Crippen molar-refractivity contribution < 1.29 is 64.4 Å². The number of imide groups is 1. The van der Waals surface area contributed by atoms with Gasteiger partial charge in [-0.2, -0.15) is 31.2 Å². The van der Waals surface area contributed by atoms with E-state index >= 15 is 0 Å². The van der Waals surface area contributed by atoms with Crippen molar-refractivity contribution in [3.8, 4) is 17.5 Å². The second-order valence-corrected chi connectivity index (χ2v) is 11.9. The van der Waals surface area contributed by atoms with Gasteiger partial charge < -0.3 is 28.5 Å². The van der Waals surface area contributed by atoms with Gasteiger partial charge in [0.1, 0.15) is 22.9 Å². The molecule has 3 rings (SSSR count). The van der Waals surface area contributed by atoms with Crippen molar-refractivity contribution in [2.45, 2.75) is 96.6 Å². The number of ether oxygens (including phenoxy) is 4. The van der Waals surface area contributed by atoms with Crippen molar-refractivity contribution >= 4 is 17.9 Å². The Bertz CT molecular complexity index is 1340. The summed E-state index contributed by atoms with van der Waals surface area (Å²) in [4.78, 5) is 30.5. The Labute approximate surface area is 247 Å². The molecule has 0 saturated heterocycles. The zero-order chi connectivity index (χ0) is 33.5. The summed E-state index contributed by atoms with van der Waals surface area (Å²) in [6, 6.07) is 0.283. The van der Waals surface area contributed by atoms with Crippen LogP contribution in [0.3, 0.4) is 0 Å². The SMILES string of the molecule is C[C@@H]1COCCC[C@](O)(C(F)(F)F)c2nnc(o2)-c2nc(c(C(F)(F)F)cc2N(C(=O)OC(C)(C)C)C(=O)OC(C)(C)C)O1. The standard InChI is InChI=1S/C26H32F6N4O8/c1-13-12-40-10-8-9-24(39,26(30,31)32)19-35-34-18(42-19)16-15(11-14(25(27,28)29)17(33-16)41-13)36(20(37)43-22(2,3)4)21(38)44-23(5,6)7/h11,13,39H,8-10,12H2,1-7H3/t13-,24-/m1/s1. The summed E-state index contributed by atoms with van der Waals surface area (Å²) in [6.45, 7) is 9.05. The molecule has 1 N–H and O–H groups in total. The summed E-state index contributed by atoms with van der Waals surface area (Å²) >= 11 is 0. The van der Waals surface area contributed by atoms with Gasteiger partial charge in [-0.05, 0) is 67.4 Å². The van der Waals surface area contributed by atoms with Crippen molar-refractivity contribution in [1.29, 1.82) is 0 Å². The number of hydrogen-bond acceptors (Lipinski definition) is 11. The molecule has 0 spiro atoms. The van der Waals surface area contributed by atoms with E-state index < -0.39 is 88.5 Å². The predicted octanol–water partition coefficient (Wildman–Crippen LogP) is 6.15. The molecule has 2 atom stereocenters. The number of halogens is 6. The van der Waals surface area contributed by atoms with Gasteiger partial charge in [0.05, 0.1) is 12.3 Å². The number of carbonyl (C=O) groups is 2. The molecule has 1 aliphatic heterocycles. The number of pyridine rings is 1. The van der Waals surface area contributed by atoms with Crippen molar-refractivity contribution in [2.75, 3.05) is 18.1 Å². The first-order chi connectivity index (χ1) is 19.9. The number of rotatable bonds is 1. The molecule has 0 aliphatic carbocycles. The lowest BCUT2D eigenvalue weighted by Gasteiger charge is -2.30. The number of hydrogen-bond donors (Lipinski definition) is 1. The van der Waals surface area contributed by atoms with Crippen molar-refractivity contribution in [3.63, 3.8) is 0 Å². The van der Waals surface area contributed by atoms with Crippen LogP contribution in [-0.2, 0) is 26.0 Å². The summed E-state index contributed by atoms with van der Waals surface area (Å²) < 4.78 is 112. The van der Waals surface area contributed by atoms with Gasteiger partial charge in [0, 0.05) is 6.61 Å². The number of aromatic nitrogens is 3. The highest BCUT2D eigenvalue weighted by Crippen LogP contribution is 2.45. The first-order valence-electron chi connectivity index (χ1n) is 13.2. The Hall–Kier alpha value is -3.67. The average molecular weight is 643 g/mol. The van der Waals surface area contributed by atoms with E-state index in [1.807, 2.05) is 0 Å². The van der Waals surface area contributed by atoms with E-state index in [0.717, 1.165) is 0 Å². The zero-order valence-electron chi connectivity index (χ0n) is 24.8. The molecular weight excluding hydrogens is 610 g/mol. The average Bonchev–Trinajstić information content (AvgIpc) is 3.30. The highest BCUT2D eigenvalue weighted by Gasteiger charge is 2.58. The second-order valence-electron chi connectivity index (χ2n) is 11.9. The number of anilines is 1. The Morgan fingerprint density at radius 3 is 2.07 bits per heavy atom. The molecule has 2 aromatic rings. The lowest BCUT2D eigenvalue weighted by atomic mass is 9.97. The molecule has 0 unspecified atom stereocenters. The van der Waals surface area contributed by atoms with Gasteiger partial charge in [-0.3, -0.25) is 0 Å². The number of alkyl halides is 6. The van der Waals surface area contributed by atoms with Crippen LogP contribution >= 0.6 is 0 Å². The first-order valence-corrected chi connectivity index (χ1v) is 13.2. The van der Waals surface area contributed by atoms with E-state index in [1.54, 1.807) is 0 Å². The summed E-state index contributed by atoms with van der Waals surface area (Å²) in [7, 11) is 0. The minimum Gasteiger partial charge on any atom is -0.472 e. The predicted molar refractivity (Wildman–Crippen MR) is 138 cm³/mol. The fourth-order valence-corrected chi connectivity index (χ4v) is 3.75. The molecule has 2 aromatic heterocycles. The first kappa shape index (κ1) is 34.8. The van der Waals surface area contributed by atoms with Crippen LogP contribution < -0.4 is 9.64 Å². The summed E-state index contributed by atoms with van der Waals surface area (Å²) in [5.41, 5.74) is -9.75. The van der Waals surface area contributed by atoms with Gasteiger partial charge in [-0.15, -0.1) is 10.2 Å². The quantitative estimate of drug-likeness (QED) is 0.357. The van der Waals surface area contributed by atoms with Crippen LogP contribution in [0.1, 0.15) is 72.8 Å². The number of aliphatic hydroxyl groups is 1. The molecule has 0 saturated carbocycles. The minimum absolute atomic E-state index is 0.0628. The van der Waals surface area contributed by atoms with E-state index in [0.29, 0.717) is 0 Å². The van der Waals surface area contributed by atoms with Crippen LogP contribution in [0.5, 0.6) is 5.88 Å². The summed E-state index contributed by atoms with van der Waals surface area (Å²) in [5, 5.41) is 17.4. The molecule has 18 heteroatoms. The van der Waals surface area contributed by atoms with Crippen LogP contribution in [0.2, 0.25) is 0 Å². The molecule has 4 bridgehead atoms. The molecule has 0 aromatic carbocycles. The van der Waals surface area contributed by atoms with Crippen molar-refractivity contribution in [3.05, 3.63) is 17.5 Å². The molecule has 1 aliphatic rings. The number of nitrogens with zero attached hydrogens (tertiary/aromatic N) is 4. The normalized spacial score (nSPS) is 20.3. The van der Waals surface area contributed by atoms with Crippen LogP contribution in [0.25, 0.3) is 11.6 Å². The lowest BCUT2D eigenvalue weighted by Crippen LogP contribution is -2.44. The molecule has 2 amide bonds. The van der Waals surface area contributed by atoms with Gasteiger partial charge >= 0.3 is 24.5 Å². The van der Waals surface area contributed by atoms with E-state index in [4.69, 9.17) is 23.4 Å². The van der Waals surface area contributed by atoms with E-state index in [-0.39, 0.29) is 30.6 Å². The number of carbonyl (C=O) groups excluding carboxylic acids is 2. The zero-order valence-corrected chi connectivity index (χ0v) is 24.8. The van der Waals surface area contributed by atoms with E-state index in [2.05, 4.69) is 15.2 Å². The molecule has 12 nitrogen and oxygen atoms in total. The molecule has 3 heterocycles. The monoisotopic (exact) mass is 642 g/mol. The number of fused-ring (bicyclic) bond motifs is 5. The highest BCUT2D eigenvalue weighted by atomic mass is 19.4. The molecular formula is C26H32F6N4O8. The van der Waals surface area contributed by atoms with Gasteiger partial charge in [-0.1, -0.05) is 0 Å². The van der Waals surface area contributed by atoms with Crippen molar-refractivity contribution in [2.24, 2.45) is 0 Å². The van der Waals surface area contributed by atoms with Gasteiger partial charge in [0.25, 0.3) is 11.8 Å². The number of amides is 2. The summed E-state index contributed by atoms with van der Waals surface area (Å²) in [5.74, 6) is -3.47. The Morgan fingerprint density at radius 2 is 1.57 bits per heavy atom. The molecule has 0 radical (unpaired) electrons. The van der Waals surface area contributed by atoms with Crippen LogP contribution in [0.4, 0.5) is 41.6 Å². The maximum atomic E-state index is 14.4. The molecule has 44 heavy (non-hydrogen) atoms. The maximum Gasteiger partial charge on any atom is 0.426 e. The van der Waals surface area contributed by atoms with Crippen LogP contribution in [-0.4, -0.2) is 69.2 Å². The topological polar surface area (TPSA) is 146 Å². The van der Waals surface area contributed by atoms with Gasteiger partial charge in [0.15, 0.2) is 5.69 Å². The Morgan fingerprint density at radius 1 is 1.00 bits per heavy atom. The third kappa shape index (κ3) is 8.08. The molecule has 246 valence electrons. The van der Waals surface area contributed by atoms with Crippen LogP contribution in [0, 0.1) is 0 Å². The Balaban J connectivity index is 2.41. The van der Waals surface area contributed by atoms with Gasteiger partial charge in [-0.25, -0.2) is 14.6 Å². The largest absolute Gasteiger partial charge is 0.472 e. The molecule has 0 fully saturated rings. The van der Waals surface area contributed by atoms with Crippen LogP contribution in [0.15, 0.2) is 10.5 Å². The Kier molecular flexibility index (Phi) is 9.51. The van der Waals surface area contributed by atoms with E-state index in [1.165, 1.54) is 48.5 Å². The maximum absolute atomic E-state index is 14.4. The fourth-order valence-electron chi connectivity index (χ4n) is 3.75. The fraction of sp³-hybridized carbons (Fsp3) is 0.654. The summed E-state index contributed by atoms with van der Waals surface area (Å²) in [6.07, 6.45) is -16.1. The smallest absolute Gasteiger partial charge is 0.426 e. The van der Waals surface area contributed by atoms with Gasteiger partial charge in [0.2, 0.25) is 11.5 Å². The third-order valence-corrected chi connectivity index (χ3v) is 5.61. The minimum atomic E-state index is -5.34. The highest BCUT2D eigenvalue weighted by molar-refractivity contribution is 6.11. The van der Waals surface area contributed by atoms with E-state index in [9.17, 15) is 41.0 Å². The van der Waals surface area contributed by atoms with Crippen molar-refractivity contribution in [1.82, 2.24) is 15.2 Å². The lowest BCUT2D eigenvalue weighted by molar-refractivity contribution is -0.277. The second kappa shape index (κ2) is 12.0.